The Morgan fingerprint density at radius 1 is 1.00 bits per heavy atom. The number of hydrogen-bond acceptors (Lipinski definition) is 6. The van der Waals surface area contributed by atoms with Crippen LogP contribution in [-0.2, 0) is 18.4 Å². The number of likely N-dealkylation sites (tertiary alicyclic amines) is 1. The Morgan fingerprint density at radius 2 is 1.85 bits per heavy atom. The van der Waals surface area contributed by atoms with Crippen LogP contribution in [0.3, 0.4) is 0 Å². The van der Waals surface area contributed by atoms with Crippen LogP contribution in [0.25, 0.3) is 21.9 Å². The van der Waals surface area contributed by atoms with Crippen molar-refractivity contribution in [2.75, 3.05) is 26.2 Å². The Balaban J connectivity index is 1.32. The SMILES string of the molecule is Cn1ncc(-c2ccc3cnc(C(NC(=O)C4CCNCC4)c4ccccn4)cc3c2)c1CN1CCCCC1. The number of amides is 1. The van der Waals surface area contributed by atoms with E-state index in [-0.39, 0.29) is 11.8 Å². The van der Waals surface area contributed by atoms with Gasteiger partial charge in [0, 0.05) is 42.9 Å². The number of hydrogen-bond donors (Lipinski definition) is 2. The van der Waals surface area contributed by atoms with E-state index in [4.69, 9.17) is 4.98 Å². The van der Waals surface area contributed by atoms with Gasteiger partial charge in [-0.1, -0.05) is 24.6 Å². The molecule has 2 fully saturated rings. The van der Waals surface area contributed by atoms with Gasteiger partial charge in [-0.05, 0) is 87.1 Å². The third-order valence-corrected chi connectivity index (χ3v) is 8.21. The zero-order valence-corrected chi connectivity index (χ0v) is 22.6. The number of fused-ring (bicyclic) bond motifs is 1. The zero-order valence-electron chi connectivity index (χ0n) is 22.6. The predicted molar refractivity (Wildman–Crippen MR) is 153 cm³/mol. The van der Waals surface area contributed by atoms with Gasteiger partial charge in [0.15, 0.2) is 0 Å². The number of aromatic nitrogens is 4. The van der Waals surface area contributed by atoms with E-state index >= 15 is 0 Å². The molecule has 1 atom stereocenters. The van der Waals surface area contributed by atoms with E-state index in [0.717, 1.165) is 73.3 Å². The van der Waals surface area contributed by atoms with Gasteiger partial charge in [0.2, 0.25) is 5.91 Å². The van der Waals surface area contributed by atoms with Crippen molar-refractivity contribution >= 4 is 16.7 Å². The van der Waals surface area contributed by atoms with Gasteiger partial charge in [0.05, 0.1) is 23.3 Å². The maximum Gasteiger partial charge on any atom is 0.224 e. The lowest BCUT2D eigenvalue weighted by Gasteiger charge is -2.26. The third-order valence-electron chi connectivity index (χ3n) is 8.21. The van der Waals surface area contributed by atoms with E-state index < -0.39 is 6.04 Å². The first kappa shape index (κ1) is 25.6. The van der Waals surface area contributed by atoms with Crippen LogP contribution in [-0.4, -0.2) is 56.7 Å². The molecule has 2 N–H and O–H groups in total. The van der Waals surface area contributed by atoms with Crippen LogP contribution in [0.1, 0.15) is 55.2 Å². The summed E-state index contributed by atoms with van der Waals surface area (Å²) >= 11 is 0. The molecular weight excluding hydrogens is 486 g/mol. The van der Waals surface area contributed by atoms with E-state index in [9.17, 15) is 4.79 Å². The van der Waals surface area contributed by atoms with E-state index in [1.165, 1.54) is 30.5 Å². The van der Waals surface area contributed by atoms with Gasteiger partial charge in [-0.15, -0.1) is 0 Å². The van der Waals surface area contributed by atoms with Crippen LogP contribution in [0, 0.1) is 5.92 Å². The molecule has 8 nitrogen and oxygen atoms in total. The maximum atomic E-state index is 13.3. The summed E-state index contributed by atoms with van der Waals surface area (Å²) in [6, 6.07) is 14.0. The van der Waals surface area contributed by atoms with Crippen molar-refractivity contribution < 1.29 is 4.79 Å². The minimum Gasteiger partial charge on any atom is -0.342 e. The number of rotatable bonds is 7. The van der Waals surface area contributed by atoms with Crippen molar-refractivity contribution in [1.82, 2.24) is 35.3 Å². The Kier molecular flexibility index (Phi) is 7.65. The molecule has 3 aromatic heterocycles. The lowest BCUT2D eigenvalue weighted by Crippen LogP contribution is -2.40. The predicted octanol–water partition coefficient (Wildman–Crippen LogP) is 4.22. The molecule has 2 saturated heterocycles. The van der Waals surface area contributed by atoms with Crippen LogP contribution >= 0.6 is 0 Å². The molecule has 1 aromatic carbocycles. The summed E-state index contributed by atoms with van der Waals surface area (Å²) in [5.74, 6) is 0.0777. The number of nitrogens with zero attached hydrogens (tertiary/aromatic N) is 5. The molecule has 4 aromatic rings. The number of carbonyl (C=O) groups is 1. The fourth-order valence-electron chi connectivity index (χ4n) is 5.89. The van der Waals surface area contributed by atoms with E-state index in [1.807, 2.05) is 42.3 Å². The molecular formula is C31H37N7O. The topological polar surface area (TPSA) is 88.0 Å². The van der Waals surface area contributed by atoms with Crippen LogP contribution in [0.4, 0.5) is 0 Å². The highest BCUT2D eigenvalue weighted by Crippen LogP contribution is 2.30. The van der Waals surface area contributed by atoms with Crippen molar-refractivity contribution in [3.63, 3.8) is 0 Å². The maximum absolute atomic E-state index is 13.3. The summed E-state index contributed by atoms with van der Waals surface area (Å²) in [4.78, 5) is 25.2. The number of benzene rings is 1. The number of carbonyl (C=O) groups excluding carboxylic acids is 1. The van der Waals surface area contributed by atoms with Crippen LogP contribution in [0.15, 0.2) is 61.1 Å². The van der Waals surface area contributed by atoms with Gasteiger partial charge in [-0.25, -0.2) is 0 Å². The van der Waals surface area contributed by atoms with Crippen LogP contribution in [0.2, 0.25) is 0 Å². The van der Waals surface area contributed by atoms with Gasteiger partial charge in [0.25, 0.3) is 0 Å². The molecule has 39 heavy (non-hydrogen) atoms. The first-order valence-electron chi connectivity index (χ1n) is 14.2. The van der Waals surface area contributed by atoms with Gasteiger partial charge < -0.3 is 10.6 Å². The molecule has 0 spiro atoms. The zero-order chi connectivity index (χ0) is 26.6. The Hall–Kier alpha value is -3.62. The van der Waals surface area contributed by atoms with E-state index in [2.05, 4.69) is 49.9 Å². The summed E-state index contributed by atoms with van der Waals surface area (Å²) < 4.78 is 2.01. The normalized spacial score (nSPS) is 17.8. The van der Waals surface area contributed by atoms with E-state index in [0.29, 0.717) is 0 Å². The first-order chi connectivity index (χ1) is 19.2. The quantitative estimate of drug-likeness (QED) is 0.377. The van der Waals surface area contributed by atoms with Crippen LogP contribution < -0.4 is 10.6 Å². The second-order valence-corrected chi connectivity index (χ2v) is 10.9. The molecule has 2 aliphatic heterocycles. The average Bonchev–Trinajstić information content (AvgIpc) is 3.36. The monoisotopic (exact) mass is 523 g/mol. The van der Waals surface area contributed by atoms with Crippen molar-refractivity contribution in [3.8, 4) is 11.1 Å². The average molecular weight is 524 g/mol. The van der Waals surface area contributed by atoms with Crippen molar-refractivity contribution in [1.29, 1.82) is 0 Å². The molecule has 0 saturated carbocycles. The molecule has 202 valence electrons. The summed E-state index contributed by atoms with van der Waals surface area (Å²) in [6.45, 7) is 4.95. The van der Waals surface area contributed by atoms with Gasteiger partial charge in [-0.2, -0.15) is 5.10 Å². The fraction of sp³-hybridized carbons (Fsp3) is 0.419. The molecule has 0 aliphatic carbocycles. The second-order valence-electron chi connectivity index (χ2n) is 10.9. The Labute approximate surface area is 229 Å². The van der Waals surface area contributed by atoms with Gasteiger partial charge >= 0.3 is 0 Å². The largest absolute Gasteiger partial charge is 0.342 e. The Bertz CT molecular complexity index is 1420. The van der Waals surface area contributed by atoms with Crippen molar-refractivity contribution in [3.05, 3.63) is 78.1 Å². The first-order valence-corrected chi connectivity index (χ1v) is 14.2. The van der Waals surface area contributed by atoms with E-state index in [1.54, 1.807) is 6.20 Å². The molecule has 5 heterocycles. The highest BCUT2D eigenvalue weighted by Gasteiger charge is 2.26. The smallest absolute Gasteiger partial charge is 0.224 e. The highest BCUT2D eigenvalue weighted by atomic mass is 16.2. The van der Waals surface area contributed by atoms with Gasteiger partial charge in [-0.3, -0.25) is 24.3 Å². The standard InChI is InChI=1S/C31H37N7O/c1-37-29(21-38-15-5-2-6-16-38)26(20-35-37)23-8-9-24-19-34-28(18-25(24)17-23)30(27-7-3-4-12-33-27)36-31(39)22-10-13-32-14-11-22/h3-4,7-9,12,17-20,22,30,32H,2,5-6,10-11,13-16,21H2,1H3,(H,36,39). The number of aryl methyl sites for hydroxylation is 1. The van der Waals surface area contributed by atoms with Gasteiger partial charge in [0.1, 0.15) is 6.04 Å². The lowest BCUT2D eigenvalue weighted by atomic mass is 9.96. The highest BCUT2D eigenvalue weighted by molar-refractivity contribution is 5.87. The minimum atomic E-state index is -0.408. The summed E-state index contributed by atoms with van der Waals surface area (Å²) in [6.07, 6.45) is 11.2. The van der Waals surface area contributed by atoms with Crippen molar-refractivity contribution in [2.45, 2.75) is 44.7 Å². The van der Waals surface area contributed by atoms with Crippen LogP contribution in [0.5, 0.6) is 0 Å². The minimum absolute atomic E-state index is 0.00780. The molecule has 8 heteroatoms. The number of pyridine rings is 2. The molecule has 6 rings (SSSR count). The molecule has 1 unspecified atom stereocenters. The summed E-state index contributed by atoms with van der Waals surface area (Å²) in [5.41, 5.74) is 5.14. The fourth-order valence-corrected chi connectivity index (χ4v) is 5.89. The Morgan fingerprint density at radius 3 is 2.64 bits per heavy atom. The van der Waals surface area contributed by atoms with Crippen molar-refractivity contribution in [2.24, 2.45) is 13.0 Å². The molecule has 1 amide bonds. The number of piperidine rings is 2. The number of nitrogens with one attached hydrogen (secondary N) is 2. The second kappa shape index (κ2) is 11.6. The summed E-state index contributed by atoms with van der Waals surface area (Å²) in [7, 11) is 2.04. The summed E-state index contributed by atoms with van der Waals surface area (Å²) in [5, 5.41) is 13.4. The molecule has 0 radical (unpaired) electrons. The third kappa shape index (κ3) is 5.72. The molecule has 0 bridgehead atoms. The molecule has 2 aliphatic rings. The lowest BCUT2D eigenvalue weighted by molar-refractivity contribution is -0.126.